The molecule has 0 atom stereocenters. The number of benzene rings is 2. The molecule has 28 heavy (non-hydrogen) atoms. The van der Waals surface area contributed by atoms with E-state index < -0.39 is 5.97 Å². The molecule has 0 unspecified atom stereocenters. The summed E-state index contributed by atoms with van der Waals surface area (Å²) in [6.07, 6.45) is 1.66. The Kier molecular flexibility index (Phi) is 5.54. The number of methoxy groups -OCH3 is 3. The van der Waals surface area contributed by atoms with Crippen molar-refractivity contribution < 1.29 is 28.2 Å². The molecule has 0 aliphatic heterocycles. The van der Waals surface area contributed by atoms with Gasteiger partial charge in [0.05, 0.1) is 45.3 Å². The van der Waals surface area contributed by atoms with Crippen LogP contribution in [-0.4, -0.2) is 33.2 Å². The van der Waals surface area contributed by atoms with Crippen molar-refractivity contribution in [3.05, 3.63) is 53.3 Å². The van der Waals surface area contributed by atoms with Crippen molar-refractivity contribution in [1.82, 2.24) is 0 Å². The van der Waals surface area contributed by atoms with Crippen LogP contribution in [0.5, 0.6) is 11.5 Å². The average Bonchev–Trinajstić information content (AvgIpc) is 3.08. The maximum atomic E-state index is 12.6. The number of amides is 1. The summed E-state index contributed by atoms with van der Waals surface area (Å²) in [5.41, 5.74) is 3.00. The van der Waals surface area contributed by atoms with E-state index in [1.807, 2.05) is 25.1 Å². The zero-order valence-corrected chi connectivity index (χ0v) is 16.1. The molecule has 0 aliphatic carbocycles. The predicted molar refractivity (Wildman–Crippen MR) is 104 cm³/mol. The van der Waals surface area contributed by atoms with Crippen molar-refractivity contribution in [2.45, 2.75) is 13.3 Å². The van der Waals surface area contributed by atoms with Crippen LogP contribution in [0.15, 0.2) is 41.0 Å². The van der Waals surface area contributed by atoms with Gasteiger partial charge < -0.3 is 23.9 Å². The summed E-state index contributed by atoms with van der Waals surface area (Å²) in [5.74, 6) is -0.159. The second-order valence-corrected chi connectivity index (χ2v) is 6.23. The summed E-state index contributed by atoms with van der Waals surface area (Å²) in [4.78, 5) is 24.8. The van der Waals surface area contributed by atoms with Gasteiger partial charge in [-0.1, -0.05) is 12.1 Å². The number of carbonyl (C=O) groups is 2. The topological polar surface area (TPSA) is 87.0 Å². The molecular weight excluding hydrogens is 362 g/mol. The molecule has 1 aromatic heterocycles. The largest absolute Gasteiger partial charge is 0.493 e. The lowest BCUT2D eigenvalue weighted by Gasteiger charge is -2.14. The number of aryl methyl sites for hydroxylation is 1. The van der Waals surface area contributed by atoms with Gasteiger partial charge in [0.1, 0.15) is 5.58 Å². The highest BCUT2D eigenvalue weighted by atomic mass is 16.5. The van der Waals surface area contributed by atoms with Crippen LogP contribution in [0.3, 0.4) is 0 Å². The number of nitrogens with one attached hydrogen (secondary N) is 1. The third-order valence-electron chi connectivity index (χ3n) is 4.37. The van der Waals surface area contributed by atoms with Crippen LogP contribution in [0.25, 0.3) is 11.0 Å². The van der Waals surface area contributed by atoms with E-state index in [2.05, 4.69) is 5.32 Å². The highest BCUT2D eigenvalue weighted by Crippen LogP contribution is 2.34. The van der Waals surface area contributed by atoms with E-state index >= 15 is 0 Å². The Morgan fingerprint density at radius 1 is 1.04 bits per heavy atom. The van der Waals surface area contributed by atoms with E-state index in [-0.39, 0.29) is 23.6 Å². The summed E-state index contributed by atoms with van der Waals surface area (Å²) in [7, 11) is 4.20. The Hall–Kier alpha value is -3.48. The first-order chi connectivity index (χ1) is 13.5. The average molecular weight is 383 g/mol. The molecule has 146 valence electrons. The Balaban J connectivity index is 1.89. The van der Waals surface area contributed by atoms with Crippen molar-refractivity contribution in [2.24, 2.45) is 0 Å². The lowest BCUT2D eigenvalue weighted by Crippen LogP contribution is -2.17. The van der Waals surface area contributed by atoms with Gasteiger partial charge in [-0.05, 0) is 18.6 Å². The lowest BCUT2D eigenvalue weighted by molar-refractivity contribution is -0.115. The molecule has 0 aliphatic rings. The van der Waals surface area contributed by atoms with Gasteiger partial charge in [0.25, 0.3) is 0 Å². The first kappa shape index (κ1) is 19.3. The fraction of sp³-hybridized carbons (Fsp3) is 0.238. The molecule has 0 saturated heterocycles. The van der Waals surface area contributed by atoms with Gasteiger partial charge in [0, 0.05) is 23.1 Å². The second-order valence-electron chi connectivity index (χ2n) is 6.23. The molecule has 3 rings (SSSR count). The van der Waals surface area contributed by atoms with Crippen LogP contribution in [0.4, 0.5) is 5.69 Å². The number of hydrogen-bond acceptors (Lipinski definition) is 6. The number of rotatable bonds is 6. The molecule has 1 heterocycles. The fourth-order valence-electron chi connectivity index (χ4n) is 2.96. The van der Waals surface area contributed by atoms with Crippen LogP contribution >= 0.6 is 0 Å². The Bertz CT molecular complexity index is 1040. The molecule has 1 amide bonds. The van der Waals surface area contributed by atoms with Gasteiger partial charge in [0.15, 0.2) is 11.5 Å². The molecule has 7 nitrogen and oxygen atoms in total. The molecule has 1 N–H and O–H groups in total. The number of carbonyl (C=O) groups excluding carboxylic acids is 2. The maximum Gasteiger partial charge on any atom is 0.340 e. The van der Waals surface area contributed by atoms with E-state index in [9.17, 15) is 9.59 Å². The number of fused-ring (bicyclic) bond motifs is 1. The highest BCUT2D eigenvalue weighted by Gasteiger charge is 2.20. The van der Waals surface area contributed by atoms with Gasteiger partial charge in [-0.2, -0.15) is 0 Å². The standard InChI is InChI=1S/C21H21NO6/c1-12-5-6-14-13(11-28-17(14)7-12)8-20(23)22-16-10-19(26-3)18(25-2)9-15(16)21(24)27-4/h5-7,9-11H,8H2,1-4H3,(H,22,23). The Labute approximate surface area is 162 Å². The number of furan rings is 1. The van der Waals surface area contributed by atoms with Crippen LogP contribution in [0.2, 0.25) is 0 Å². The second kappa shape index (κ2) is 8.04. The zero-order chi connectivity index (χ0) is 20.3. The molecule has 0 fully saturated rings. The first-order valence-electron chi connectivity index (χ1n) is 8.57. The molecular formula is C21H21NO6. The smallest absolute Gasteiger partial charge is 0.340 e. The number of ether oxygens (including phenoxy) is 3. The summed E-state index contributed by atoms with van der Waals surface area (Å²) in [6, 6.07) is 8.80. The third-order valence-corrected chi connectivity index (χ3v) is 4.37. The lowest BCUT2D eigenvalue weighted by atomic mass is 10.1. The summed E-state index contributed by atoms with van der Waals surface area (Å²) in [5, 5.41) is 3.63. The Morgan fingerprint density at radius 2 is 1.75 bits per heavy atom. The van der Waals surface area contributed by atoms with Gasteiger partial charge in [-0.3, -0.25) is 4.79 Å². The predicted octanol–water partition coefficient (Wildman–Crippen LogP) is 3.73. The van der Waals surface area contributed by atoms with E-state index in [1.54, 1.807) is 6.26 Å². The Morgan fingerprint density at radius 3 is 2.43 bits per heavy atom. The molecule has 7 heteroatoms. The van der Waals surface area contributed by atoms with Gasteiger partial charge >= 0.3 is 5.97 Å². The molecule has 0 radical (unpaired) electrons. The minimum Gasteiger partial charge on any atom is -0.493 e. The van der Waals surface area contributed by atoms with Crippen LogP contribution in [-0.2, 0) is 16.0 Å². The third kappa shape index (κ3) is 3.78. The van der Waals surface area contributed by atoms with Crippen molar-refractivity contribution in [2.75, 3.05) is 26.6 Å². The van der Waals surface area contributed by atoms with Gasteiger partial charge in [0.2, 0.25) is 5.91 Å². The molecule has 0 bridgehead atoms. The van der Waals surface area contributed by atoms with Crippen molar-refractivity contribution >= 4 is 28.5 Å². The number of anilines is 1. The van der Waals surface area contributed by atoms with E-state index in [1.165, 1.54) is 33.5 Å². The van der Waals surface area contributed by atoms with Crippen molar-refractivity contribution in [1.29, 1.82) is 0 Å². The van der Waals surface area contributed by atoms with Crippen molar-refractivity contribution in [3.8, 4) is 11.5 Å². The summed E-state index contributed by atoms with van der Waals surface area (Å²) in [6.45, 7) is 1.97. The van der Waals surface area contributed by atoms with Crippen LogP contribution in [0.1, 0.15) is 21.5 Å². The minimum atomic E-state index is -0.597. The normalized spacial score (nSPS) is 10.6. The van der Waals surface area contributed by atoms with E-state index in [4.69, 9.17) is 18.6 Å². The summed E-state index contributed by atoms with van der Waals surface area (Å²) >= 11 is 0. The summed E-state index contributed by atoms with van der Waals surface area (Å²) < 4.78 is 20.8. The van der Waals surface area contributed by atoms with Gasteiger partial charge in [-0.25, -0.2) is 4.79 Å². The number of hydrogen-bond donors (Lipinski definition) is 1. The van der Waals surface area contributed by atoms with Crippen molar-refractivity contribution in [3.63, 3.8) is 0 Å². The minimum absolute atomic E-state index is 0.0883. The van der Waals surface area contributed by atoms with Gasteiger partial charge in [-0.15, -0.1) is 0 Å². The molecule has 0 spiro atoms. The maximum absolute atomic E-state index is 12.6. The quantitative estimate of drug-likeness (QED) is 0.653. The van der Waals surface area contributed by atoms with Crippen LogP contribution in [0, 0.1) is 6.92 Å². The molecule has 3 aromatic rings. The monoisotopic (exact) mass is 383 g/mol. The SMILES string of the molecule is COC(=O)c1cc(OC)c(OC)cc1NC(=O)Cc1coc2cc(C)ccc12. The van der Waals surface area contributed by atoms with E-state index in [0.29, 0.717) is 11.5 Å². The molecule has 0 saturated carbocycles. The van der Waals surface area contributed by atoms with Crippen LogP contribution < -0.4 is 14.8 Å². The highest BCUT2D eigenvalue weighted by molar-refractivity contribution is 6.03. The van der Waals surface area contributed by atoms with E-state index in [0.717, 1.165) is 22.1 Å². The zero-order valence-electron chi connectivity index (χ0n) is 16.1. The molecule has 2 aromatic carbocycles. The number of esters is 1. The fourth-order valence-corrected chi connectivity index (χ4v) is 2.96. The first-order valence-corrected chi connectivity index (χ1v) is 8.57.